The Labute approximate surface area is 103 Å². The van der Waals surface area contributed by atoms with E-state index in [1.807, 2.05) is 0 Å². The highest BCUT2D eigenvalue weighted by atomic mass is 32.2. The summed E-state index contributed by atoms with van der Waals surface area (Å²) in [5.74, 6) is 0.526. The fraction of sp³-hybridized carbons (Fsp3) is 0.500. The predicted octanol–water partition coefficient (Wildman–Crippen LogP) is 1.49. The fourth-order valence-corrected chi connectivity index (χ4v) is 2.21. The summed E-state index contributed by atoms with van der Waals surface area (Å²) < 4.78 is 23.2. The lowest BCUT2D eigenvalue weighted by Crippen LogP contribution is -2.19. The second kappa shape index (κ2) is 6.02. The topological polar surface area (TPSA) is 72.2 Å². The van der Waals surface area contributed by atoms with Crippen LogP contribution in [-0.2, 0) is 9.84 Å². The van der Waals surface area contributed by atoms with E-state index in [1.54, 1.807) is 31.2 Å². The summed E-state index contributed by atoms with van der Waals surface area (Å²) >= 11 is 0. The van der Waals surface area contributed by atoms with E-state index in [0.29, 0.717) is 17.4 Å². The van der Waals surface area contributed by atoms with Gasteiger partial charge in [-0.05, 0) is 36.7 Å². The molecule has 1 atom stereocenters. The molecule has 0 heterocycles. The van der Waals surface area contributed by atoms with Gasteiger partial charge in [0.15, 0.2) is 9.84 Å². The summed E-state index contributed by atoms with van der Waals surface area (Å²) in [7, 11) is -3.10. The Kier molecular flexibility index (Phi) is 4.96. The van der Waals surface area contributed by atoms with Crippen LogP contribution in [0.3, 0.4) is 0 Å². The lowest BCUT2D eigenvalue weighted by atomic mass is 10.2. The van der Waals surface area contributed by atoms with Crippen LogP contribution in [0, 0.1) is 5.92 Å². The van der Waals surface area contributed by atoms with Crippen molar-refractivity contribution in [1.29, 1.82) is 0 Å². The van der Waals surface area contributed by atoms with Gasteiger partial charge in [-0.15, -0.1) is 0 Å². The maximum absolute atomic E-state index is 11.6. The Bertz CT molecular complexity index is 440. The van der Waals surface area contributed by atoms with Crippen LogP contribution < -0.4 is 11.1 Å². The van der Waals surface area contributed by atoms with Crippen LogP contribution in [0.5, 0.6) is 0 Å². The van der Waals surface area contributed by atoms with Crippen molar-refractivity contribution in [1.82, 2.24) is 0 Å². The minimum Gasteiger partial charge on any atom is -0.385 e. The van der Waals surface area contributed by atoms with E-state index < -0.39 is 9.84 Å². The molecule has 1 unspecified atom stereocenters. The monoisotopic (exact) mass is 256 g/mol. The maximum atomic E-state index is 11.6. The second-order valence-electron chi connectivity index (χ2n) is 4.15. The molecular formula is C12H20N2O2S. The van der Waals surface area contributed by atoms with Crippen LogP contribution in [0.2, 0.25) is 0 Å². The molecule has 4 nitrogen and oxygen atoms in total. The van der Waals surface area contributed by atoms with Crippen LogP contribution in [0.25, 0.3) is 0 Å². The molecule has 0 radical (unpaired) electrons. The lowest BCUT2D eigenvalue weighted by Gasteiger charge is -2.11. The van der Waals surface area contributed by atoms with Gasteiger partial charge in [-0.1, -0.05) is 13.8 Å². The standard InChI is InChI=1S/C12H20N2O2S/c1-3-17(15,16)12-6-4-11(5-7-12)14-9-10(2)8-13/h4-7,10,14H,3,8-9,13H2,1-2H3. The Morgan fingerprint density at radius 2 is 1.88 bits per heavy atom. The molecule has 0 aliphatic heterocycles. The highest BCUT2D eigenvalue weighted by Gasteiger charge is 2.10. The summed E-state index contributed by atoms with van der Waals surface area (Å²) in [6.07, 6.45) is 0. The number of anilines is 1. The smallest absolute Gasteiger partial charge is 0.178 e. The molecule has 17 heavy (non-hydrogen) atoms. The molecule has 0 aromatic heterocycles. The Morgan fingerprint density at radius 3 is 2.35 bits per heavy atom. The molecule has 1 aromatic carbocycles. The highest BCUT2D eigenvalue weighted by molar-refractivity contribution is 7.91. The van der Waals surface area contributed by atoms with Gasteiger partial charge < -0.3 is 11.1 Å². The van der Waals surface area contributed by atoms with Crippen LogP contribution in [-0.4, -0.2) is 27.3 Å². The van der Waals surface area contributed by atoms with Crippen LogP contribution in [0.1, 0.15) is 13.8 Å². The van der Waals surface area contributed by atoms with Crippen molar-refractivity contribution < 1.29 is 8.42 Å². The molecule has 0 amide bonds. The molecule has 3 N–H and O–H groups in total. The summed E-state index contributed by atoms with van der Waals surface area (Å²) in [6, 6.07) is 6.83. The molecule has 1 rings (SSSR count). The number of hydrogen-bond acceptors (Lipinski definition) is 4. The molecule has 0 fully saturated rings. The molecule has 0 aliphatic rings. The van der Waals surface area contributed by atoms with Gasteiger partial charge in [0.05, 0.1) is 10.6 Å². The van der Waals surface area contributed by atoms with Crippen molar-refractivity contribution in [2.75, 3.05) is 24.2 Å². The van der Waals surface area contributed by atoms with E-state index in [0.717, 1.165) is 12.2 Å². The third-order valence-corrected chi connectivity index (χ3v) is 4.40. The van der Waals surface area contributed by atoms with E-state index in [1.165, 1.54) is 0 Å². The Balaban J connectivity index is 2.69. The van der Waals surface area contributed by atoms with Gasteiger partial charge in [0.1, 0.15) is 0 Å². The molecule has 0 spiro atoms. The second-order valence-corrected chi connectivity index (χ2v) is 6.43. The first-order valence-corrected chi connectivity index (χ1v) is 7.41. The zero-order chi connectivity index (χ0) is 12.9. The van der Waals surface area contributed by atoms with Crippen molar-refractivity contribution >= 4 is 15.5 Å². The third-order valence-electron chi connectivity index (χ3n) is 2.65. The maximum Gasteiger partial charge on any atom is 0.178 e. The largest absolute Gasteiger partial charge is 0.385 e. The molecule has 1 aromatic rings. The van der Waals surface area contributed by atoms with Crippen molar-refractivity contribution in [3.8, 4) is 0 Å². The number of nitrogens with one attached hydrogen (secondary N) is 1. The number of rotatable bonds is 6. The first-order chi connectivity index (χ1) is 7.99. The average molecular weight is 256 g/mol. The lowest BCUT2D eigenvalue weighted by molar-refractivity contribution is 0.597. The Hall–Kier alpha value is -1.07. The molecule has 5 heteroatoms. The predicted molar refractivity (Wildman–Crippen MR) is 70.9 cm³/mol. The van der Waals surface area contributed by atoms with Crippen LogP contribution in [0.15, 0.2) is 29.2 Å². The van der Waals surface area contributed by atoms with E-state index in [9.17, 15) is 8.42 Å². The summed E-state index contributed by atoms with van der Waals surface area (Å²) in [5.41, 5.74) is 6.43. The van der Waals surface area contributed by atoms with E-state index in [-0.39, 0.29) is 5.75 Å². The first kappa shape index (κ1) is 14.0. The van der Waals surface area contributed by atoms with Crippen LogP contribution >= 0.6 is 0 Å². The third kappa shape index (κ3) is 4.02. The van der Waals surface area contributed by atoms with Crippen molar-refractivity contribution in [2.45, 2.75) is 18.7 Å². The summed E-state index contributed by atoms with van der Waals surface area (Å²) in [4.78, 5) is 0.373. The van der Waals surface area contributed by atoms with E-state index >= 15 is 0 Å². The molecule has 96 valence electrons. The van der Waals surface area contributed by atoms with Gasteiger partial charge in [0.25, 0.3) is 0 Å². The zero-order valence-corrected chi connectivity index (χ0v) is 11.1. The summed E-state index contributed by atoms with van der Waals surface area (Å²) in [5, 5.41) is 3.22. The van der Waals surface area contributed by atoms with Crippen LogP contribution in [0.4, 0.5) is 5.69 Å². The summed E-state index contributed by atoms with van der Waals surface area (Å²) in [6.45, 7) is 5.12. The van der Waals surface area contributed by atoms with Gasteiger partial charge >= 0.3 is 0 Å². The van der Waals surface area contributed by atoms with Crippen molar-refractivity contribution in [2.24, 2.45) is 11.7 Å². The van der Waals surface area contributed by atoms with Gasteiger partial charge in [0, 0.05) is 12.2 Å². The molecular weight excluding hydrogens is 236 g/mol. The first-order valence-electron chi connectivity index (χ1n) is 5.76. The molecule has 0 saturated carbocycles. The van der Waals surface area contributed by atoms with Crippen molar-refractivity contribution in [3.63, 3.8) is 0 Å². The van der Waals surface area contributed by atoms with Crippen molar-refractivity contribution in [3.05, 3.63) is 24.3 Å². The number of nitrogens with two attached hydrogens (primary N) is 1. The minimum atomic E-state index is -3.10. The van der Waals surface area contributed by atoms with Gasteiger partial charge in [-0.3, -0.25) is 0 Å². The average Bonchev–Trinajstić information content (AvgIpc) is 2.36. The highest BCUT2D eigenvalue weighted by Crippen LogP contribution is 2.15. The SMILES string of the molecule is CCS(=O)(=O)c1ccc(NCC(C)CN)cc1. The van der Waals surface area contributed by atoms with Gasteiger partial charge in [-0.25, -0.2) is 8.42 Å². The normalized spacial score (nSPS) is 13.4. The number of sulfone groups is 1. The van der Waals surface area contributed by atoms with Gasteiger partial charge in [0.2, 0.25) is 0 Å². The van der Waals surface area contributed by atoms with Gasteiger partial charge in [-0.2, -0.15) is 0 Å². The molecule has 0 bridgehead atoms. The Morgan fingerprint density at radius 1 is 1.29 bits per heavy atom. The van der Waals surface area contributed by atoms with E-state index in [2.05, 4.69) is 12.2 Å². The fourth-order valence-electron chi connectivity index (χ4n) is 1.32. The van der Waals surface area contributed by atoms with E-state index in [4.69, 9.17) is 5.73 Å². The molecule has 0 saturated heterocycles. The zero-order valence-electron chi connectivity index (χ0n) is 10.3. The number of hydrogen-bond donors (Lipinski definition) is 2. The number of benzene rings is 1. The minimum absolute atomic E-state index is 0.129. The molecule has 0 aliphatic carbocycles. The quantitative estimate of drug-likeness (QED) is 0.809.